The molecule has 0 N–H and O–H groups in total. The summed E-state index contributed by atoms with van der Waals surface area (Å²) in [7, 11) is 2.20. The molecule has 0 bridgehead atoms. The molecule has 0 radical (unpaired) electrons. The molecule has 0 saturated heterocycles. The Balaban J connectivity index is 1.76. The lowest BCUT2D eigenvalue weighted by molar-refractivity contribution is 0.272. The summed E-state index contributed by atoms with van der Waals surface area (Å²) in [5.74, 6) is 0. The predicted molar refractivity (Wildman–Crippen MR) is 117 cm³/mol. The molecule has 0 aliphatic carbocycles. The molecule has 2 nitrogen and oxygen atoms in total. The lowest BCUT2D eigenvalue weighted by atomic mass is 10.0. The Kier molecular flexibility index (Phi) is 13.9. The highest BCUT2D eigenvalue weighted by Gasteiger charge is 2.19. The van der Waals surface area contributed by atoms with Gasteiger partial charge in [-0.2, -0.15) is 0 Å². The molecule has 26 heavy (non-hydrogen) atoms. The maximum atomic E-state index is 2.54. The van der Waals surface area contributed by atoms with Crippen LogP contribution in [0.2, 0.25) is 0 Å². The van der Waals surface area contributed by atoms with Crippen LogP contribution < -0.4 is 0 Å². The van der Waals surface area contributed by atoms with E-state index in [1.165, 1.54) is 121 Å². The van der Waals surface area contributed by atoms with Crippen molar-refractivity contribution in [2.45, 2.75) is 124 Å². The highest BCUT2D eigenvalue weighted by Crippen LogP contribution is 2.21. The Bertz CT molecular complexity index is 361. The van der Waals surface area contributed by atoms with Crippen LogP contribution in [0.15, 0.2) is 11.4 Å². The monoisotopic (exact) mass is 364 g/mol. The molecule has 0 aromatic rings. The van der Waals surface area contributed by atoms with Crippen molar-refractivity contribution >= 4 is 0 Å². The van der Waals surface area contributed by atoms with Gasteiger partial charge in [0.25, 0.3) is 0 Å². The van der Waals surface area contributed by atoms with Gasteiger partial charge in [-0.25, -0.2) is 0 Å². The number of allylic oxidation sites excluding steroid dienone is 2. The van der Waals surface area contributed by atoms with Gasteiger partial charge in [-0.1, -0.05) is 103 Å². The predicted octanol–water partition coefficient (Wildman–Crippen LogP) is 7.70. The molecule has 154 valence electrons. The van der Waals surface area contributed by atoms with Crippen LogP contribution in [0.5, 0.6) is 0 Å². The van der Waals surface area contributed by atoms with Crippen molar-refractivity contribution in [1.82, 2.24) is 9.80 Å². The minimum absolute atomic E-state index is 1.09. The van der Waals surface area contributed by atoms with E-state index in [9.17, 15) is 0 Å². The zero-order chi connectivity index (χ0) is 19.0. The molecule has 0 fully saturated rings. The first-order chi connectivity index (χ1) is 12.7. The van der Waals surface area contributed by atoms with E-state index in [-0.39, 0.29) is 0 Å². The molecule has 1 rings (SSSR count). The van der Waals surface area contributed by atoms with Crippen molar-refractivity contribution in [2.75, 3.05) is 20.3 Å². The molecule has 0 unspecified atom stereocenters. The second kappa shape index (κ2) is 15.4. The van der Waals surface area contributed by atoms with Gasteiger partial charge in [0.2, 0.25) is 0 Å². The van der Waals surface area contributed by atoms with Gasteiger partial charge in [-0.3, -0.25) is 0 Å². The summed E-state index contributed by atoms with van der Waals surface area (Å²) < 4.78 is 0. The Hall–Kier alpha value is -0.660. The SMILES string of the molecule is CCCCCCCCCCCCCCCCCCN1CN(C)C(C)=C1C. The van der Waals surface area contributed by atoms with Crippen LogP contribution in [-0.2, 0) is 0 Å². The fourth-order valence-corrected chi connectivity index (χ4v) is 4.06. The molecule has 0 amide bonds. The van der Waals surface area contributed by atoms with Gasteiger partial charge in [0.05, 0.1) is 6.67 Å². The van der Waals surface area contributed by atoms with Gasteiger partial charge in [0.15, 0.2) is 0 Å². The normalized spacial score (nSPS) is 14.8. The quantitative estimate of drug-likeness (QED) is 0.244. The van der Waals surface area contributed by atoms with Gasteiger partial charge in [0, 0.05) is 25.0 Å². The third-order valence-corrected chi connectivity index (χ3v) is 6.23. The topological polar surface area (TPSA) is 6.48 Å². The van der Waals surface area contributed by atoms with E-state index in [2.05, 4.69) is 37.6 Å². The zero-order valence-electron chi connectivity index (χ0n) is 18.6. The van der Waals surface area contributed by atoms with Gasteiger partial charge in [-0.15, -0.1) is 0 Å². The van der Waals surface area contributed by atoms with Crippen LogP contribution in [0.4, 0.5) is 0 Å². The Morgan fingerprint density at radius 2 is 0.962 bits per heavy atom. The molecule has 0 atom stereocenters. The average Bonchev–Trinajstić information content (AvgIpc) is 2.88. The van der Waals surface area contributed by atoms with E-state index in [1.807, 2.05) is 0 Å². The van der Waals surface area contributed by atoms with Gasteiger partial charge in [-0.05, 0) is 20.3 Å². The maximum Gasteiger partial charge on any atom is 0.0895 e. The molecule has 1 heterocycles. The molecular weight excluding hydrogens is 316 g/mol. The largest absolute Gasteiger partial charge is 0.359 e. The van der Waals surface area contributed by atoms with Crippen molar-refractivity contribution in [1.29, 1.82) is 0 Å². The first-order valence-corrected chi connectivity index (χ1v) is 11.8. The molecule has 2 heteroatoms. The van der Waals surface area contributed by atoms with Gasteiger partial charge in [0.1, 0.15) is 0 Å². The van der Waals surface area contributed by atoms with Crippen molar-refractivity contribution in [3.63, 3.8) is 0 Å². The van der Waals surface area contributed by atoms with E-state index in [1.54, 1.807) is 0 Å². The third-order valence-electron chi connectivity index (χ3n) is 6.23. The first-order valence-electron chi connectivity index (χ1n) is 11.8. The second-order valence-electron chi connectivity index (χ2n) is 8.58. The Labute approximate surface area is 165 Å². The van der Waals surface area contributed by atoms with Crippen molar-refractivity contribution < 1.29 is 0 Å². The summed E-state index contributed by atoms with van der Waals surface area (Å²) in [4.78, 5) is 4.90. The minimum atomic E-state index is 1.09. The molecule has 0 aromatic carbocycles. The van der Waals surface area contributed by atoms with Crippen LogP contribution in [0.1, 0.15) is 124 Å². The van der Waals surface area contributed by atoms with Crippen LogP contribution >= 0.6 is 0 Å². The Morgan fingerprint density at radius 3 is 1.31 bits per heavy atom. The molecule has 0 spiro atoms. The van der Waals surface area contributed by atoms with Gasteiger partial charge < -0.3 is 9.80 Å². The van der Waals surface area contributed by atoms with E-state index in [0.29, 0.717) is 0 Å². The number of rotatable bonds is 17. The third kappa shape index (κ3) is 10.5. The molecule has 0 saturated carbocycles. The molecule has 1 aliphatic rings. The van der Waals surface area contributed by atoms with Crippen LogP contribution in [0.25, 0.3) is 0 Å². The van der Waals surface area contributed by atoms with Crippen molar-refractivity contribution in [3.8, 4) is 0 Å². The highest BCUT2D eigenvalue weighted by molar-refractivity contribution is 5.12. The number of hydrogen-bond donors (Lipinski definition) is 0. The van der Waals surface area contributed by atoms with Gasteiger partial charge >= 0.3 is 0 Å². The fourth-order valence-electron chi connectivity index (χ4n) is 4.06. The molecule has 0 aromatic heterocycles. The summed E-state index contributed by atoms with van der Waals surface area (Å²) in [6.07, 6.45) is 23.2. The number of unbranched alkanes of at least 4 members (excludes halogenated alkanes) is 15. The van der Waals surface area contributed by atoms with E-state index in [0.717, 1.165) is 6.67 Å². The summed E-state index contributed by atoms with van der Waals surface area (Å²) >= 11 is 0. The van der Waals surface area contributed by atoms with Crippen LogP contribution in [0, 0.1) is 0 Å². The van der Waals surface area contributed by atoms with E-state index >= 15 is 0 Å². The standard InChI is InChI=1S/C24H48N2/c1-5-6-7-8-9-10-11-12-13-14-15-16-17-18-19-20-21-26-22-25(4)23(2)24(26)3/h5-22H2,1-4H3. The smallest absolute Gasteiger partial charge is 0.0895 e. The van der Waals surface area contributed by atoms with E-state index < -0.39 is 0 Å². The molecule has 1 aliphatic heterocycles. The van der Waals surface area contributed by atoms with Crippen LogP contribution in [0.3, 0.4) is 0 Å². The minimum Gasteiger partial charge on any atom is -0.359 e. The zero-order valence-corrected chi connectivity index (χ0v) is 18.6. The fraction of sp³-hybridized carbons (Fsp3) is 0.917. The lowest BCUT2D eigenvalue weighted by Crippen LogP contribution is -2.25. The number of nitrogens with zero attached hydrogens (tertiary/aromatic N) is 2. The summed E-state index contributed by atoms with van der Waals surface area (Å²) in [6, 6.07) is 0. The van der Waals surface area contributed by atoms with Crippen molar-refractivity contribution in [2.24, 2.45) is 0 Å². The Morgan fingerprint density at radius 1 is 0.577 bits per heavy atom. The molecular formula is C24H48N2. The lowest BCUT2D eigenvalue weighted by Gasteiger charge is -2.20. The highest BCUT2D eigenvalue weighted by atomic mass is 15.4. The van der Waals surface area contributed by atoms with Crippen molar-refractivity contribution in [3.05, 3.63) is 11.4 Å². The number of hydrogen-bond acceptors (Lipinski definition) is 2. The second-order valence-corrected chi connectivity index (χ2v) is 8.58. The summed E-state index contributed by atoms with van der Waals surface area (Å²) in [5.41, 5.74) is 2.93. The first kappa shape index (κ1) is 23.4. The average molecular weight is 365 g/mol. The maximum absolute atomic E-state index is 2.54. The van der Waals surface area contributed by atoms with Crippen LogP contribution in [-0.4, -0.2) is 30.1 Å². The summed E-state index contributed by atoms with van der Waals surface area (Å²) in [5, 5.41) is 0. The summed E-state index contributed by atoms with van der Waals surface area (Å²) in [6.45, 7) is 9.14. The van der Waals surface area contributed by atoms with E-state index in [4.69, 9.17) is 0 Å².